The zero-order valence-electron chi connectivity index (χ0n) is 71.8. The van der Waals surface area contributed by atoms with Gasteiger partial charge in [-0.3, -0.25) is 10.1 Å². The molecule has 0 amide bonds. The van der Waals surface area contributed by atoms with Gasteiger partial charge in [-0.1, -0.05) is 346 Å². The van der Waals surface area contributed by atoms with Crippen molar-refractivity contribution in [1.82, 2.24) is 15.0 Å². The van der Waals surface area contributed by atoms with Crippen molar-refractivity contribution in [3.05, 3.63) is 514 Å². The number of hydrogen-bond donors (Lipinski definition) is 1. The van der Waals surface area contributed by atoms with E-state index >= 15 is 0 Å². The van der Waals surface area contributed by atoms with Crippen LogP contribution in [0.3, 0.4) is 0 Å². The largest absolute Gasteiger partial charge is 0.649 e. The Morgan fingerprint density at radius 1 is 0.364 bits per heavy atom. The first-order chi connectivity index (χ1) is 63.8. The van der Waals surface area contributed by atoms with E-state index in [0.29, 0.717) is 0 Å². The van der Waals surface area contributed by atoms with Crippen LogP contribution in [0.5, 0.6) is 5.75 Å². The van der Waals surface area contributed by atoms with Crippen molar-refractivity contribution in [2.45, 2.75) is 12.8 Å². The standard InChI is InChI=1S/C45H33N.C36H22S.C18H14N.C11H8N.C9H7NO.Al.Ir.H2NP.H2.H/c1-3-15-37(16-4-1)45(43-23-11-17-35-13-7-9-21-41(35)43)38-27-25-33(26-28-38)34-29-31-40(32-30-34)46(39-19-5-2-6-20-39)44-24-12-18-36-14-8-10-22-42(36)44;1-2-13-29-27(11-1)28-12-3-4-14-30(28)34-22-24(19-20-31(29)34)23-9-7-10-25(21-23)26-16-8-17-33-32-15-5-6-18-35(32)37-36(26)33;1-14-12-18(16-10-6-3-7-11-16)19-13-17(14)15-8-4-2-5-9-15;1-2-6-10(7-3-1)11-8-4-5-9-12-11;11-8-5-1-3-7-4-2-6-10-9(7)8;;;1-2;;/h1-32,45H;1-22H;2-10,12-13H,1H3;1-6,8-9H;1-6,11H;;;1-2H;1H;/q;;2*-1;;+1;;;;/p-1/i/hD. The Morgan fingerprint density at radius 3 is 1.51 bits per heavy atom. The molecule has 620 valence electrons. The Bertz CT molecular complexity index is 7540. The minimum Gasteiger partial charge on any atom is -0.649 e. The SMILES string of the molecule is Cc1cc(-c2[c-]cccc2)ncc1-c1ccccc1.[2H]N=P.[AlH][O]c1cccc2cccnc12.[HH].[Ir].[c-]1ccccc1-c1ccccn1.c1cc(-c2ccc3c4ccccc4c4ccccc4c3c2)cc(-c2cccc3c2sc2ccccc23)c1.c1ccc(C(c2ccc(-c3ccc(N(c4ccccc4)c4cccc5ccccc45)cc3)cc2)c2cccc3ccccc23)cc1. The first-order valence-corrected chi connectivity index (χ1v) is 44.5. The van der Waals surface area contributed by atoms with Gasteiger partial charge in [-0.15, -0.1) is 83.1 Å². The molecule has 1 N–H and O–H groups in total. The molecule has 2 radical (unpaired) electrons. The van der Waals surface area contributed by atoms with Crippen LogP contribution in [-0.2, 0) is 20.1 Å². The molecular formula is C119H88AlIrN5OPS-2. The number of nitrogens with one attached hydrogen (secondary N) is 1. The molecule has 6 nitrogen and oxygen atoms in total. The predicted molar refractivity (Wildman–Crippen MR) is 548 cm³/mol. The molecule has 0 fully saturated rings. The fourth-order valence-electron chi connectivity index (χ4n) is 17.1. The average Bonchev–Trinajstić information content (AvgIpc) is 1.64. The molecule has 10 heteroatoms. The number of para-hydroxylation sites is 2. The van der Waals surface area contributed by atoms with Crippen LogP contribution in [0.25, 0.3) is 152 Å². The summed E-state index contributed by atoms with van der Waals surface area (Å²) in [7, 11) is 2.48. The van der Waals surface area contributed by atoms with Crippen LogP contribution in [-0.4, -0.2) is 31.6 Å². The molecule has 0 aliphatic rings. The first kappa shape index (κ1) is 85.1. The molecule has 1 atom stereocenters. The Morgan fingerprint density at radius 2 is 0.845 bits per heavy atom. The summed E-state index contributed by atoms with van der Waals surface area (Å²) in [6.45, 7) is 2.12. The summed E-state index contributed by atoms with van der Waals surface area (Å²) < 4.78 is 13.6. The number of aryl methyl sites for hydroxylation is 1. The maximum atomic E-state index is 5.75. The van der Waals surface area contributed by atoms with E-state index in [9.17, 15) is 0 Å². The van der Waals surface area contributed by atoms with Gasteiger partial charge in [-0.05, 0) is 204 Å². The van der Waals surface area contributed by atoms with Gasteiger partial charge in [0.05, 0.1) is 5.69 Å². The molecule has 0 bridgehead atoms. The van der Waals surface area contributed by atoms with Gasteiger partial charge in [-0.25, -0.2) is 0 Å². The molecule has 0 aliphatic carbocycles. The van der Waals surface area contributed by atoms with Crippen LogP contribution in [0.1, 0.15) is 29.6 Å². The number of fused-ring (bicyclic) bond motifs is 12. The number of benzene rings is 19. The first-order valence-electron chi connectivity index (χ1n) is 43.1. The molecule has 4 aromatic heterocycles. The van der Waals surface area contributed by atoms with Gasteiger partial charge >= 0.3 is 16.6 Å². The second-order valence-corrected chi connectivity index (χ2v) is 32.3. The number of rotatable bonds is 13. The summed E-state index contributed by atoms with van der Waals surface area (Å²) in [5.74, 6) is 0.982. The zero-order chi connectivity index (χ0) is 87.5. The minimum atomic E-state index is 0. The summed E-state index contributed by atoms with van der Waals surface area (Å²) in [5.41, 5.74) is 23.4. The van der Waals surface area contributed by atoms with E-state index in [1.54, 1.807) is 12.4 Å². The van der Waals surface area contributed by atoms with Gasteiger partial charge in [0.2, 0.25) is 0 Å². The average molecular weight is 1890 g/mol. The van der Waals surface area contributed by atoms with E-state index in [1.165, 1.54) is 163 Å². The number of thiophene rings is 1. The zero-order valence-corrected chi connectivity index (χ0v) is 76.4. The third-order valence-corrected chi connectivity index (χ3v) is 24.8. The second kappa shape index (κ2) is 41.6. The number of anilines is 3. The van der Waals surface area contributed by atoms with Crippen molar-refractivity contribution in [1.29, 1.82) is 5.15 Å². The summed E-state index contributed by atoms with van der Waals surface area (Å²) >= 11 is 3.36. The van der Waals surface area contributed by atoms with Crippen LogP contribution >= 0.6 is 20.4 Å². The Kier molecular flexibility index (Phi) is 27.4. The molecule has 19 aromatic carbocycles. The molecular weight excluding hydrogens is 1800 g/mol. The summed E-state index contributed by atoms with van der Waals surface area (Å²) in [6.07, 6.45) is 5.50. The maximum Gasteiger partial charge on any atom is 0.494 e. The molecule has 0 saturated heterocycles. The number of aromatic nitrogens is 3. The normalized spacial score (nSPS) is 11.1. The van der Waals surface area contributed by atoms with E-state index in [4.69, 9.17) is 5.20 Å². The van der Waals surface area contributed by atoms with E-state index < -0.39 is 0 Å². The van der Waals surface area contributed by atoms with Crippen molar-refractivity contribution in [3.63, 3.8) is 0 Å². The van der Waals surface area contributed by atoms with Crippen molar-refractivity contribution in [3.8, 4) is 72.8 Å². The van der Waals surface area contributed by atoms with Gasteiger partial charge in [-0.2, -0.15) is 0 Å². The van der Waals surface area contributed by atoms with Crippen LogP contribution in [0.15, 0.2) is 480 Å². The quantitative estimate of drug-likeness (QED) is 0.0409. The van der Waals surface area contributed by atoms with Gasteiger partial charge < -0.3 is 18.7 Å². The Labute approximate surface area is 784 Å². The van der Waals surface area contributed by atoms with E-state index in [-0.39, 0.29) is 27.4 Å². The topological polar surface area (TPSA) is 75.0 Å². The van der Waals surface area contributed by atoms with Gasteiger partial charge in [0.1, 0.15) is 11.3 Å². The molecule has 4 heterocycles. The molecule has 23 aromatic rings. The fourth-order valence-corrected chi connectivity index (χ4v) is 18.6. The van der Waals surface area contributed by atoms with E-state index in [0.717, 1.165) is 50.5 Å². The Hall–Kier alpha value is -14.7. The van der Waals surface area contributed by atoms with E-state index in [2.05, 4.69) is 399 Å². The third kappa shape index (κ3) is 19.3. The molecule has 23 rings (SSSR count). The van der Waals surface area contributed by atoms with Crippen molar-refractivity contribution >= 4 is 139 Å². The molecule has 129 heavy (non-hydrogen) atoms. The van der Waals surface area contributed by atoms with Crippen molar-refractivity contribution in [2.24, 2.45) is 0 Å². The maximum absolute atomic E-state index is 5.75. The van der Waals surface area contributed by atoms with E-state index in [1.807, 2.05) is 133 Å². The van der Waals surface area contributed by atoms with Crippen LogP contribution < -0.4 is 8.69 Å². The molecule has 0 aliphatic heterocycles. The number of nitrogens with zero attached hydrogens (tertiary/aromatic N) is 4. The number of pyridine rings is 3. The summed E-state index contributed by atoms with van der Waals surface area (Å²) in [4.78, 5) is 15.4. The van der Waals surface area contributed by atoms with Crippen LogP contribution in [0, 0.1) is 24.2 Å². The van der Waals surface area contributed by atoms with Gasteiger partial charge in [0, 0.05) is 93.9 Å². The van der Waals surface area contributed by atoms with Crippen LogP contribution in [0.4, 0.5) is 17.1 Å². The predicted octanol–water partition coefficient (Wildman–Crippen LogP) is 32.8. The monoisotopic (exact) mass is 1890 g/mol. The Balaban J connectivity index is 0.000000130. The molecule has 0 saturated carbocycles. The van der Waals surface area contributed by atoms with Crippen LogP contribution in [0.2, 0.25) is 1.41 Å². The smallest absolute Gasteiger partial charge is 0.494 e. The second-order valence-electron chi connectivity index (χ2n) is 31.0. The minimum absolute atomic E-state index is 0. The van der Waals surface area contributed by atoms with Gasteiger partial charge in [0.15, 0.2) is 1.41 Å². The summed E-state index contributed by atoms with van der Waals surface area (Å²) in [5, 5.41) is 19.2. The third-order valence-electron chi connectivity index (χ3n) is 23.2. The van der Waals surface area contributed by atoms with Crippen molar-refractivity contribution in [2.75, 3.05) is 4.90 Å². The van der Waals surface area contributed by atoms with Crippen molar-refractivity contribution < 1.29 is 26.7 Å². The van der Waals surface area contributed by atoms with Gasteiger partial charge in [0.25, 0.3) is 0 Å². The molecule has 1 unspecified atom stereocenters. The summed E-state index contributed by atoms with van der Waals surface area (Å²) in [6, 6.07) is 169. The fraction of sp³-hybridized carbons (Fsp3) is 0.0168. The molecule has 0 spiro atoms. The number of hydrogen-bond acceptors (Lipinski definition) is 7.